The number of hydrogen-bond donors (Lipinski definition) is 1. The van der Waals surface area contributed by atoms with Crippen LogP contribution in [0.4, 0.5) is 4.39 Å². The lowest BCUT2D eigenvalue weighted by molar-refractivity contribution is 0.0948. The quantitative estimate of drug-likeness (QED) is 0.880. The number of aromatic nitrogens is 1. The van der Waals surface area contributed by atoms with Gasteiger partial charge in [-0.15, -0.1) is 0 Å². The first-order chi connectivity index (χ1) is 10.2. The van der Waals surface area contributed by atoms with Gasteiger partial charge in [-0.05, 0) is 36.8 Å². The zero-order valence-corrected chi connectivity index (χ0v) is 11.7. The first kappa shape index (κ1) is 14.7. The van der Waals surface area contributed by atoms with Crippen LogP contribution < -0.4 is 5.32 Å². The van der Waals surface area contributed by atoms with Gasteiger partial charge in [0.15, 0.2) is 0 Å². The van der Waals surface area contributed by atoms with Crippen molar-refractivity contribution in [2.45, 2.75) is 13.3 Å². The number of benzene rings is 1. The molecule has 2 aromatic rings. The molecule has 0 spiro atoms. The van der Waals surface area contributed by atoms with Crippen molar-refractivity contribution in [1.29, 1.82) is 0 Å². The summed E-state index contributed by atoms with van der Waals surface area (Å²) in [7, 11) is 0. The summed E-state index contributed by atoms with van der Waals surface area (Å²) in [5.41, 5.74) is 1.63. The van der Waals surface area contributed by atoms with Crippen LogP contribution in [-0.2, 0) is 0 Å². The highest BCUT2D eigenvalue weighted by Gasteiger charge is 2.04. The summed E-state index contributed by atoms with van der Waals surface area (Å²) in [4.78, 5) is 15.8. The fourth-order valence-electron chi connectivity index (χ4n) is 1.64. The molecule has 0 unspecified atom stereocenters. The Labute approximate surface area is 123 Å². The van der Waals surface area contributed by atoms with E-state index in [2.05, 4.69) is 22.1 Å². The third-order valence-electron chi connectivity index (χ3n) is 2.71. The van der Waals surface area contributed by atoms with Gasteiger partial charge in [-0.3, -0.25) is 4.79 Å². The summed E-state index contributed by atoms with van der Waals surface area (Å²) in [6, 6.07) is 9.43. The van der Waals surface area contributed by atoms with Crippen molar-refractivity contribution in [3.05, 3.63) is 65.2 Å². The van der Waals surface area contributed by atoms with E-state index in [-0.39, 0.29) is 11.7 Å². The molecular formula is C17H15FN2O. The fourth-order valence-corrected chi connectivity index (χ4v) is 1.64. The maximum atomic E-state index is 13.0. The number of nitrogens with one attached hydrogen (secondary N) is 1. The molecule has 0 fully saturated rings. The summed E-state index contributed by atoms with van der Waals surface area (Å²) in [6.07, 6.45) is 2.41. The molecule has 0 aliphatic carbocycles. The molecule has 1 aromatic carbocycles. The number of pyridine rings is 1. The van der Waals surface area contributed by atoms with Crippen LogP contribution in [0.2, 0.25) is 0 Å². The highest BCUT2D eigenvalue weighted by molar-refractivity contribution is 5.92. The Balaban J connectivity index is 2.08. The third kappa shape index (κ3) is 4.43. The van der Waals surface area contributed by atoms with Gasteiger partial charge in [0.05, 0.1) is 0 Å². The molecule has 3 nitrogen and oxygen atoms in total. The van der Waals surface area contributed by atoms with Gasteiger partial charge in [0.2, 0.25) is 0 Å². The number of rotatable bonds is 3. The molecule has 1 N–H and O–H groups in total. The van der Waals surface area contributed by atoms with E-state index in [9.17, 15) is 9.18 Å². The van der Waals surface area contributed by atoms with Crippen molar-refractivity contribution in [3.8, 4) is 11.8 Å². The smallest absolute Gasteiger partial charge is 0.269 e. The molecule has 0 saturated heterocycles. The molecule has 21 heavy (non-hydrogen) atoms. The lowest BCUT2D eigenvalue weighted by atomic mass is 10.2. The summed E-state index contributed by atoms with van der Waals surface area (Å²) in [6.45, 7) is 2.61. The summed E-state index contributed by atoms with van der Waals surface area (Å²) >= 11 is 0. The highest BCUT2D eigenvalue weighted by atomic mass is 19.1. The van der Waals surface area contributed by atoms with Gasteiger partial charge < -0.3 is 5.32 Å². The summed E-state index contributed by atoms with van der Waals surface area (Å²) in [5.74, 6) is 5.23. The Morgan fingerprint density at radius 2 is 2.05 bits per heavy atom. The Bertz CT molecular complexity index is 684. The second-order valence-electron chi connectivity index (χ2n) is 4.45. The molecule has 0 bridgehead atoms. The topological polar surface area (TPSA) is 42.0 Å². The third-order valence-corrected chi connectivity index (χ3v) is 2.71. The van der Waals surface area contributed by atoms with Gasteiger partial charge in [-0.2, -0.15) is 0 Å². The molecule has 106 valence electrons. The molecule has 1 aromatic heterocycles. The largest absolute Gasteiger partial charge is 0.351 e. The van der Waals surface area contributed by atoms with Gasteiger partial charge in [0.1, 0.15) is 11.5 Å². The van der Waals surface area contributed by atoms with E-state index in [1.807, 2.05) is 6.92 Å². The van der Waals surface area contributed by atoms with Gasteiger partial charge >= 0.3 is 0 Å². The fraction of sp³-hybridized carbons (Fsp3) is 0.176. The number of carbonyl (C=O) groups is 1. The van der Waals surface area contributed by atoms with Crippen LogP contribution >= 0.6 is 0 Å². The first-order valence-electron chi connectivity index (χ1n) is 6.71. The minimum absolute atomic E-state index is 0.193. The van der Waals surface area contributed by atoms with Crippen molar-refractivity contribution in [3.63, 3.8) is 0 Å². The second-order valence-corrected chi connectivity index (χ2v) is 4.45. The molecule has 1 heterocycles. The van der Waals surface area contributed by atoms with E-state index in [1.54, 1.807) is 24.3 Å². The van der Waals surface area contributed by atoms with Crippen LogP contribution in [0.5, 0.6) is 0 Å². The molecule has 2 rings (SSSR count). The first-order valence-corrected chi connectivity index (χ1v) is 6.71. The number of halogens is 1. The Morgan fingerprint density at radius 3 is 2.71 bits per heavy atom. The number of nitrogens with zero attached hydrogens (tertiary/aromatic N) is 1. The molecule has 0 aliphatic rings. The van der Waals surface area contributed by atoms with E-state index in [1.165, 1.54) is 18.3 Å². The molecular weight excluding hydrogens is 267 g/mol. The number of carbonyl (C=O) groups excluding carboxylic acids is 1. The van der Waals surface area contributed by atoms with Crippen LogP contribution in [0.25, 0.3) is 0 Å². The van der Waals surface area contributed by atoms with Gasteiger partial charge in [-0.25, -0.2) is 9.37 Å². The normalized spacial score (nSPS) is 9.62. The van der Waals surface area contributed by atoms with Crippen molar-refractivity contribution in [1.82, 2.24) is 10.3 Å². The van der Waals surface area contributed by atoms with Crippen molar-refractivity contribution >= 4 is 5.91 Å². The zero-order chi connectivity index (χ0) is 15.1. The zero-order valence-electron chi connectivity index (χ0n) is 11.7. The SMILES string of the molecule is CCCNC(=O)c1ccc(C#Cc2cccc(F)c2)cn1. The Hall–Kier alpha value is -2.67. The van der Waals surface area contributed by atoms with E-state index < -0.39 is 0 Å². The Kier molecular flexibility index (Phi) is 5.05. The van der Waals surface area contributed by atoms with Crippen molar-refractivity contribution in [2.75, 3.05) is 6.54 Å². The minimum Gasteiger partial charge on any atom is -0.351 e. The van der Waals surface area contributed by atoms with Gasteiger partial charge in [0.25, 0.3) is 5.91 Å². The van der Waals surface area contributed by atoms with Gasteiger partial charge in [0, 0.05) is 23.9 Å². The lowest BCUT2D eigenvalue weighted by Crippen LogP contribution is -2.24. The predicted molar refractivity (Wildman–Crippen MR) is 79.2 cm³/mol. The van der Waals surface area contributed by atoms with E-state index in [4.69, 9.17) is 0 Å². The molecule has 0 atom stereocenters. The van der Waals surface area contributed by atoms with E-state index >= 15 is 0 Å². The lowest BCUT2D eigenvalue weighted by Gasteiger charge is -2.02. The highest BCUT2D eigenvalue weighted by Crippen LogP contribution is 2.03. The Morgan fingerprint density at radius 1 is 1.24 bits per heavy atom. The van der Waals surface area contributed by atoms with Crippen LogP contribution in [0.3, 0.4) is 0 Å². The summed E-state index contributed by atoms with van der Waals surface area (Å²) in [5, 5.41) is 2.75. The summed E-state index contributed by atoms with van der Waals surface area (Å²) < 4.78 is 13.0. The van der Waals surface area contributed by atoms with Crippen molar-refractivity contribution < 1.29 is 9.18 Å². The maximum absolute atomic E-state index is 13.0. The average Bonchev–Trinajstić information content (AvgIpc) is 2.51. The average molecular weight is 282 g/mol. The minimum atomic E-state index is -0.317. The van der Waals surface area contributed by atoms with Crippen LogP contribution in [0.1, 0.15) is 35.0 Å². The van der Waals surface area contributed by atoms with E-state index in [0.717, 1.165) is 6.42 Å². The van der Waals surface area contributed by atoms with Crippen LogP contribution in [0, 0.1) is 17.7 Å². The maximum Gasteiger partial charge on any atom is 0.269 e. The van der Waals surface area contributed by atoms with Crippen LogP contribution in [-0.4, -0.2) is 17.4 Å². The van der Waals surface area contributed by atoms with Gasteiger partial charge in [-0.1, -0.05) is 24.8 Å². The number of hydrogen-bond acceptors (Lipinski definition) is 2. The molecule has 0 radical (unpaired) electrons. The number of amides is 1. The molecule has 4 heteroatoms. The molecule has 0 aliphatic heterocycles. The predicted octanol–water partition coefficient (Wildman–Crippen LogP) is 2.76. The molecule has 0 saturated carbocycles. The van der Waals surface area contributed by atoms with E-state index in [0.29, 0.717) is 23.4 Å². The van der Waals surface area contributed by atoms with Crippen LogP contribution in [0.15, 0.2) is 42.6 Å². The second kappa shape index (κ2) is 7.20. The monoisotopic (exact) mass is 282 g/mol. The molecule has 1 amide bonds. The van der Waals surface area contributed by atoms with Crippen molar-refractivity contribution in [2.24, 2.45) is 0 Å². The standard InChI is InChI=1S/C17H15FN2O/c1-2-10-19-17(21)16-9-8-14(12-20-16)7-6-13-4-3-5-15(18)11-13/h3-5,8-9,11-12H,2,10H2,1H3,(H,19,21).